The van der Waals surface area contributed by atoms with Crippen molar-refractivity contribution in [3.05, 3.63) is 29.3 Å². The van der Waals surface area contributed by atoms with Gasteiger partial charge in [0.1, 0.15) is 11.8 Å². The number of methoxy groups -OCH3 is 1. The maximum absolute atomic E-state index is 11.8. The smallest absolute Gasteiger partial charge is 0.325 e. The quantitative estimate of drug-likeness (QED) is 0.819. The predicted molar refractivity (Wildman–Crippen MR) is 88.0 cm³/mol. The number of benzene rings is 1. The van der Waals surface area contributed by atoms with E-state index in [1.807, 2.05) is 37.1 Å². The molecule has 0 aliphatic carbocycles. The van der Waals surface area contributed by atoms with E-state index in [-0.39, 0.29) is 0 Å². The molecule has 1 saturated heterocycles. The largest absolute Gasteiger partial charge is 0.497 e. The molecule has 0 amide bonds. The highest BCUT2D eigenvalue weighted by molar-refractivity contribution is 5.76. The average molecular weight is 322 g/mol. The zero-order valence-corrected chi connectivity index (χ0v) is 14.1. The van der Waals surface area contributed by atoms with Gasteiger partial charge in [-0.05, 0) is 37.2 Å². The maximum atomic E-state index is 11.8. The molecule has 0 unspecified atom stereocenters. The summed E-state index contributed by atoms with van der Waals surface area (Å²) >= 11 is 0. The predicted octanol–water partition coefficient (Wildman–Crippen LogP) is 1.39. The zero-order valence-electron chi connectivity index (χ0n) is 14.1. The van der Waals surface area contributed by atoms with E-state index >= 15 is 0 Å². The van der Waals surface area contributed by atoms with Crippen molar-refractivity contribution >= 4 is 5.97 Å². The van der Waals surface area contributed by atoms with E-state index < -0.39 is 12.0 Å². The third-order valence-electron chi connectivity index (χ3n) is 4.32. The molecule has 6 nitrogen and oxygen atoms in total. The van der Waals surface area contributed by atoms with Crippen LogP contribution in [0.5, 0.6) is 5.75 Å². The number of hydrogen-bond acceptors (Lipinski definition) is 5. The molecule has 1 aromatic carbocycles. The Kier molecular flexibility index (Phi) is 6.38. The van der Waals surface area contributed by atoms with E-state index in [4.69, 9.17) is 9.47 Å². The Morgan fingerprint density at radius 2 is 2.13 bits per heavy atom. The summed E-state index contributed by atoms with van der Waals surface area (Å²) in [5, 5.41) is 9.68. The number of carboxylic acids is 1. The van der Waals surface area contributed by atoms with Gasteiger partial charge < -0.3 is 14.6 Å². The van der Waals surface area contributed by atoms with E-state index in [9.17, 15) is 9.90 Å². The molecule has 2 rings (SSSR count). The minimum absolute atomic E-state index is 0.651. The van der Waals surface area contributed by atoms with Crippen molar-refractivity contribution in [3.8, 4) is 5.75 Å². The Balaban J connectivity index is 2.06. The van der Waals surface area contributed by atoms with E-state index in [1.54, 1.807) is 7.11 Å². The van der Waals surface area contributed by atoms with Crippen molar-refractivity contribution in [3.63, 3.8) is 0 Å². The summed E-state index contributed by atoms with van der Waals surface area (Å²) in [6.45, 7) is 6.79. The second kappa shape index (κ2) is 8.29. The molecule has 0 radical (unpaired) electrons. The monoisotopic (exact) mass is 322 g/mol. The van der Waals surface area contributed by atoms with Crippen molar-refractivity contribution in [1.29, 1.82) is 0 Å². The molecule has 1 N–H and O–H groups in total. The molecule has 1 heterocycles. The van der Waals surface area contributed by atoms with Crippen LogP contribution in [0, 0.1) is 6.92 Å². The third kappa shape index (κ3) is 4.67. The molecule has 6 heteroatoms. The highest BCUT2D eigenvalue weighted by Crippen LogP contribution is 2.26. The minimum Gasteiger partial charge on any atom is -0.497 e. The number of likely N-dealkylation sites (N-methyl/N-ethyl adjacent to an activating group) is 1. The van der Waals surface area contributed by atoms with Crippen LogP contribution < -0.4 is 4.74 Å². The molecule has 128 valence electrons. The molecule has 0 bridgehead atoms. The number of hydrogen-bond donors (Lipinski definition) is 1. The fourth-order valence-electron chi connectivity index (χ4n) is 2.89. The second-order valence-corrected chi connectivity index (χ2v) is 5.90. The summed E-state index contributed by atoms with van der Waals surface area (Å²) in [6.07, 6.45) is 0. The van der Waals surface area contributed by atoms with Crippen LogP contribution in [0.25, 0.3) is 0 Å². The van der Waals surface area contributed by atoms with Gasteiger partial charge in [-0.15, -0.1) is 0 Å². The van der Waals surface area contributed by atoms with Gasteiger partial charge in [0, 0.05) is 26.2 Å². The Hall–Kier alpha value is -1.63. The lowest BCUT2D eigenvalue weighted by Crippen LogP contribution is -2.42. The minimum atomic E-state index is -0.831. The van der Waals surface area contributed by atoms with Crippen molar-refractivity contribution < 1.29 is 19.4 Å². The van der Waals surface area contributed by atoms with Crippen LogP contribution in [0.3, 0.4) is 0 Å². The molecule has 23 heavy (non-hydrogen) atoms. The summed E-state index contributed by atoms with van der Waals surface area (Å²) in [7, 11) is 3.47. The Morgan fingerprint density at radius 3 is 2.70 bits per heavy atom. The van der Waals surface area contributed by atoms with Crippen LogP contribution in [-0.4, -0.2) is 74.4 Å². The van der Waals surface area contributed by atoms with E-state index in [0.717, 1.165) is 49.7 Å². The first kappa shape index (κ1) is 17.7. The maximum Gasteiger partial charge on any atom is 0.325 e. The molecule has 1 aliphatic heterocycles. The highest BCUT2D eigenvalue weighted by Gasteiger charge is 2.26. The number of carbonyl (C=O) groups is 1. The van der Waals surface area contributed by atoms with Gasteiger partial charge in [-0.3, -0.25) is 14.6 Å². The van der Waals surface area contributed by atoms with Crippen LogP contribution >= 0.6 is 0 Å². The molecule has 0 aromatic heterocycles. The topological polar surface area (TPSA) is 62.2 Å². The van der Waals surface area contributed by atoms with Gasteiger partial charge in [-0.25, -0.2) is 0 Å². The molecule has 0 spiro atoms. The lowest BCUT2D eigenvalue weighted by Gasteiger charge is -2.31. The first-order valence-corrected chi connectivity index (χ1v) is 7.90. The van der Waals surface area contributed by atoms with Gasteiger partial charge >= 0.3 is 5.97 Å². The Labute approximate surface area is 137 Å². The summed E-state index contributed by atoms with van der Waals surface area (Å²) in [5.74, 6) is -0.0888. The van der Waals surface area contributed by atoms with Crippen LogP contribution in [-0.2, 0) is 9.53 Å². The number of carboxylic acid groups (broad SMARTS) is 1. The van der Waals surface area contributed by atoms with E-state index in [2.05, 4.69) is 4.90 Å². The lowest BCUT2D eigenvalue weighted by molar-refractivity contribution is -0.143. The molecule has 1 fully saturated rings. The van der Waals surface area contributed by atoms with Gasteiger partial charge in [-0.2, -0.15) is 0 Å². The SMILES string of the molecule is COc1ccc([C@H](C(=O)O)N(C)CCN2CCOCC2)c(C)c1. The first-order valence-electron chi connectivity index (χ1n) is 7.90. The van der Waals surface area contributed by atoms with Gasteiger partial charge in [-0.1, -0.05) is 6.07 Å². The number of aryl methyl sites for hydroxylation is 1. The van der Waals surface area contributed by atoms with Crippen molar-refractivity contribution in [2.24, 2.45) is 0 Å². The van der Waals surface area contributed by atoms with Crippen molar-refractivity contribution in [2.45, 2.75) is 13.0 Å². The van der Waals surface area contributed by atoms with Crippen molar-refractivity contribution in [2.75, 3.05) is 53.6 Å². The molecule has 1 atom stereocenters. The number of ether oxygens (including phenoxy) is 2. The van der Waals surface area contributed by atoms with Crippen LogP contribution in [0.2, 0.25) is 0 Å². The summed E-state index contributed by atoms with van der Waals surface area (Å²) in [6, 6.07) is 4.88. The molecule has 1 aliphatic rings. The van der Waals surface area contributed by atoms with E-state index in [0.29, 0.717) is 6.54 Å². The van der Waals surface area contributed by atoms with Crippen LogP contribution in [0.15, 0.2) is 18.2 Å². The van der Waals surface area contributed by atoms with Crippen LogP contribution in [0.1, 0.15) is 17.2 Å². The standard InChI is InChI=1S/C17H26N2O4/c1-13-12-14(22-3)4-5-15(13)16(17(20)21)18(2)6-7-19-8-10-23-11-9-19/h4-5,12,16H,6-11H2,1-3H3,(H,20,21)/t16-/m1/s1. The van der Waals surface area contributed by atoms with E-state index in [1.165, 1.54) is 0 Å². The lowest BCUT2D eigenvalue weighted by atomic mass is 10.00. The number of aliphatic carboxylic acids is 1. The number of rotatable bonds is 7. The van der Waals surface area contributed by atoms with Crippen LogP contribution in [0.4, 0.5) is 0 Å². The third-order valence-corrected chi connectivity index (χ3v) is 4.32. The van der Waals surface area contributed by atoms with Gasteiger partial charge in [0.15, 0.2) is 0 Å². The van der Waals surface area contributed by atoms with Gasteiger partial charge in [0.2, 0.25) is 0 Å². The Bertz CT molecular complexity index is 529. The second-order valence-electron chi connectivity index (χ2n) is 5.90. The summed E-state index contributed by atoms with van der Waals surface area (Å²) in [5.41, 5.74) is 1.73. The fraction of sp³-hybridized carbons (Fsp3) is 0.588. The molecule has 1 aromatic rings. The normalized spacial score (nSPS) is 17.2. The first-order chi connectivity index (χ1) is 11.0. The van der Waals surface area contributed by atoms with Gasteiger partial charge in [0.05, 0.1) is 20.3 Å². The number of nitrogens with zero attached hydrogens (tertiary/aromatic N) is 2. The molecule has 0 saturated carbocycles. The molecular formula is C17H26N2O4. The van der Waals surface area contributed by atoms with Crippen molar-refractivity contribution in [1.82, 2.24) is 9.80 Å². The molecular weight excluding hydrogens is 296 g/mol. The highest BCUT2D eigenvalue weighted by atomic mass is 16.5. The Morgan fingerprint density at radius 1 is 1.43 bits per heavy atom. The average Bonchev–Trinajstić information content (AvgIpc) is 2.55. The summed E-state index contributed by atoms with van der Waals surface area (Å²) in [4.78, 5) is 16.0. The number of morpholine rings is 1. The van der Waals surface area contributed by atoms with Gasteiger partial charge in [0.25, 0.3) is 0 Å². The summed E-state index contributed by atoms with van der Waals surface area (Å²) < 4.78 is 10.5. The fourth-order valence-corrected chi connectivity index (χ4v) is 2.89. The zero-order chi connectivity index (χ0) is 16.8.